The Labute approximate surface area is 126 Å². The van der Waals surface area contributed by atoms with Crippen LogP contribution in [-0.2, 0) is 5.60 Å². The Balaban J connectivity index is 3.03. The van der Waals surface area contributed by atoms with E-state index in [9.17, 15) is 5.11 Å². The van der Waals surface area contributed by atoms with E-state index in [-0.39, 0.29) is 0 Å². The first kappa shape index (κ1) is 16.6. The highest BCUT2D eigenvalue weighted by atomic mass is 35.5. The Morgan fingerprint density at radius 2 is 2.25 bits per heavy atom. The average Bonchev–Trinajstić information content (AvgIpc) is 2.42. The van der Waals surface area contributed by atoms with Gasteiger partial charge in [0.1, 0.15) is 12.4 Å². The van der Waals surface area contributed by atoms with Crippen LogP contribution < -0.4 is 4.74 Å². The molecular formula is C17H21ClO2. The summed E-state index contributed by atoms with van der Waals surface area (Å²) < 4.78 is 5.55. The molecule has 0 aliphatic rings. The highest BCUT2D eigenvalue weighted by Crippen LogP contribution is 2.32. The number of halogens is 1. The molecule has 0 heterocycles. The summed E-state index contributed by atoms with van der Waals surface area (Å²) in [6.07, 6.45) is 4.54. The predicted octanol–water partition coefficient (Wildman–Crippen LogP) is 4.31. The minimum absolute atomic E-state index is 0.369. The number of aliphatic hydroxyl groups is 1. The number of hydrogen-bond donors (Lipinski definition) is 1. The second-order valence-electron chi connectivity index (χ2n) is 4.72. The van der Waals surface area contributed by atoms with Crippen molar-refractivity contribution >= 4 is 11.6 Å². The third kappa shape index (κ3) is 4.92. The zero-order valence-corrected chi connectivity index (χ0v) is 12.8. The van der Waals surface area contributed by atoms with Gasteiger partial charge in [0.25, 0.3) is 0 Å². The van der Waals surface area contributed by atoms with Gasteiger partial charge in [-0.05, 0) is 31.5 Å². The van der Waals surface area contributed by atoms with Gasteiger partial charge >= 0.3 is 0 Å². The molecule has 3 heteroatoms. The molecule has 0 saturated carbocycles. The summed E-state index contributed by atoms with van der Waals surface area (Å²) in [4.78, 5) is 0. The van der Waals surface area contributed by atoms with Gasteiger partial charge in [-0.3, -0.25) is 0 Å². The molecule has 0 aliphatic carbocycles. The summed E-state index contributed by atoms with van der Waals surface area (Å²) in [6, 6.07) is 5.15. The van der Waals surface area contributed by atoms with Crippen LogP contribution in [0.5, 0.6) is 5.75 Å². The van der Waals surface area contributed by atoms with Crippen molar-refractivity contribution in [3.05, 3.63) is 41.4 Å². The van der Waals surface area contributed by atoms with E-state index in [2.05, 4.69) is 25.3 Å². The molecule has 1 N–H and O–H groups in total. The molecule has 1 rings (SSSR count). The largest absolute Gasteiger partial charge is 0.489 e. The molecule has 0 aromatic heterocycles. The number of rotatable bonds is 6. The summed E-state index contributed by atoms with van der Waals surface area (Å²) in [5.74, 6) is 6.48. The van der Waals surface area contributed by atoms with Gasteiger partial charge in [0, 0.05) is 17.0 Å². The van der Waals surface area contributed by atoms with Crippen LogP contribution in [0.2, 0.25) is 5.02 Å². The van der Waals surface area contributed by atoms with Crippen LogP contribution in [0.25, 0.3) is 0 Å². The van der Waals surface area contributed by atoms with Crippen LogP contribution in [-0.4, -0.2) is 11.7 Å². The van der Waals surface area contributed by atoms with Gasteiger partial charge < -0.3 is 9.84 Å². The predicted molar refractivity (Wildman–Crippen MR) is 84.0 cm³/mol. The average molecular weight is 293 g/mol. The van der Waals surface area contributed by atoms with Crippen molar-refractivity contribution in [3.63, 3.8) is 0 Å². The fourth-order valence-electron chi connectivity index (χ4n) is 1.72. The Hall–Kier alpha value is -1.43. The highest BCUT2D eigenvalue weighted by molar-refractivity contribution is 6.30. The summed E-state index contributed by atoms with van der Waals surface area (Å²) in [7, 11) is 0. The molecule has 2 nitrogen and oxygen atoms in total. The summed E-state index contributed by atoms with van der Waals surface area (Å²) in [5, 5.41) is 11.1. The molecule has 0 amide bonds. The SMILES string of the molecule is C=CCOc1ccc(Cl)cc1C(C)(O)C#CCCCC. The summed E-state index contributed by atoms with van der Waals surface area (Å²) >= 11 is 6.01. The molecule has 0 radical (unpaired) electrons. The van der Waals surface area contributed by atoms with Crippen molar-refractivity contribution in [3.8, 4) is 17.6 Å². The maximum absolute atomic E-state index is 10.6. The molecule has 0 spiro atoms. The van der Waals surface area contributed by atoms with E-state index in [1.165, 1.54) is 0 Å². The lowest BCUT2D eigenvalue weighted by Gasteiger charge is -2.21. The van der Waals surface area contributed by atoms with E-state index in [1.54, 1.807) is 31.2 Å². The number of benzene rings is 1. The minimum atomic E-state index is -1.28. The Morgan fingerprint density at radius 3 is 2.90 bits per heavy atom. The number of hydrogen-bond acceptors (Lipinski definition) is 2. The lowest BCUT2D eigenvalue weighted by molar-refractivity contribution is 0.118. The fourth-order valence-corrected chi connectivity index (χ4v) is 1.90. The molecule has 1 aromatic carbocycles. The van der Waals surface area contributed by atoms with Gasteiger partial charge in [-0.2, -0.15) is 0 Å². The van der Waals surface area contributed by atoms with E-state index < -0.39 is 5.60 Å². The molecule has 1 unspecified atom stereocenters. The number of unbranched alkanes of at least 4 members (excludes halogenated alkanes) is 2. The lowest BCUT2D eigenvalue weighted by atomic mass is 9.95. The molecule has 108 valence electrons. The molecule has 0 fully saturated rings. The van der Waals surface area contributed by atoms with Crippen LogP contribution >= 0.6 is 11.6 Å². The topological polar surface area (TPSA) is 29.5 Å². The second kappa shape index (κ2) is 7.99. The van der Waals surface area contributed by atoms with Crippen molar-refractivity contribution in [1.29, 1.82) is 0 Å². The number of ether oxygens (including phenoxy) is 1. The van der Waals surface area contributed by atoms with E-state index in [0.717, 1.165) is 19.3 Å². The minimum Gasteiger partial charge on any atom is -0.489 e. The Morgan fingerprint density at radius 1 is 1.50 bits per heavy atom. The van der Waals surface area contributed by atoms with Gasteiger partial charge in [0.05, 0.1) is 0 Å². The van der Waals surface area contributed by atoms with E-state index in [1.807, 2.05) is 0 Å². The van der Waals surface area contributed by atoms with Crippen LogP contribution in [0.15, 0.2) is 30.9 Å². The molecule has 0 saturated heterocycles. The van der Waals surface area contributed by atoms with Crippen molar-refractivity contribution < 1.29 is 9.84 Å². The summed E-state index contributed by atoms with van der Waals surface area (Å²) in [6.45, 7) is 7.74. The van der Waals surface area contributed by atoms with Crippen molar-refractivity contribution in [2.24, 2.45) is 0 Å². The fraction of sp³-hybridized carbons (Fsp3) is 0.412. The van der Waals surface area contributed by atoms with Crippen LogP contribution in [0.4, 0.5) is 0 Å². The van der Waals surface area contributed by atoms with Gasteiger partial charge in [-0.25, -0.2) is 0 Å². The third-order valence-corrected chi connectivity index (χ3v) is 3.04. The standard InChI is InChI=1S/C17H21ClO2/c1-4-6-7-8-11-17(3,19)15-13-14(18)9-10-16(15)20-12-5-2/h5,9-10,13,19H,2,4,6-7,12H2,1,3H3. The maximum atomic E-state index is 10.6. The third-order valence-electron chi connectivity index (χ3n) is 2.81. The normalized spacial score (nSPS) is 13.0. The molecule has 0 aliphatic heterocycles. The van der Waals surface area contributed by atoms with Crippen molar-refractivity contribution in [2.45, 2.75) is 38.7 Å². The van der Waals surface area contributed by atoms with Gasteiger partial charge in [0.2, 0.25) is 0 Å². The van der Waals surface area contributed by atoms with E-state index in [4.69, 9.17) is 16.3 Å². The molecule has 20 heavy (non-hydrogen) atoms. The molecule has 1 aromatic rings. The molecule has 1 atom stereocenters. The lowest BCUT2D eigenvalue weighted by Crippen LogP contribution is -2.20. The van der Waals surface area contributed by atoms with Gasteiger partial charge in [-0.1, -0.05) is 49.4 Å². The first-order chi connectivity index (χ1) is 9.51. The zero-order valence-electron chi connectivity index (χ0n) is 12.1. The van der Waals surface area contributed by atoms with Crippen LogP contribution in [0.3, 0.4) is 0 Å². The Kier molecular flexibility index (Phi) is 6.64. The highest BCUT2D eigenvalue weighted by Gasteiger charge is 2.25. The zero-order chi connectivity index (χ0) is 15.0. The van der Waals surface area contributed by atoms with Crippen LogP contribution in [0.1, 0.15) is 38.7 Å². The smallest absolute Gasteiger partial charge is 0.151 e. The second-order valence-corrected chi connectivity index (χ2v) is 5.15. The van der Waals surface area contributed by atoms with E-state index >= 15 is 0 Å². The van der Waals surface area contributed by atoms with E-state index in [0.29, 0.717) is 22.9 Å². The van der Waals surface area contributed by atoms with Crippen molar-refractivity contribution in [1.82, 2.24) is 0 Å². The van der Waals surface area contributed by atoms with Gasteiger partial charge in [-0.15, -0.1) is 0 Å². The van der Waals surface area contributed by atoms with Crippen LogP contribution in [0, 0.1) is 11.8 Å². The molecular weight excluding hydrogens is 272 g/mol. The Bertz CT molecular complexity index is 509. The summed E-state index contributed by atoms with van der Waals surface area (Å²) in [5.41, 5.74) is -0.703. The maximum Gasteiger partial charge on any atom is 0.151 e. The van der Waals surface area contributed by atoms with Gasteiger partial charge in [0.15, 0.2) is 5.60 Å². The monoisotopic (exact) mass is 292 g/mol. The first-order valence-corrected chi connectivity index (χ1v) is 7.15. The quantitative estimate of drug-likeness (QED) is 0.481. The van der Waals surface area contributed by atoms with Crippen molar-refractivity contribution in [2.75, 3.05) is 6.61 Å². The first-order valence-electron chi connectivity index (χ1n) is 6.77. The molecule has 0 bridgehead atoms.